The SMILES string of the molecule is OCC1OC(c2nncn2-c2ccc(-c3nn[nH]n3)cc2)CC(n2cc(-c3cc(F)c(F)c(F)c3)nn2)C1O. The molecule has 0 radical (unpaired) electrons. The molecule has 200 valence electrons. The topological polar surface area (TPSA) is 166 Å². The van der Waals surface area contributed by atoms with E-state index < -0.39 is 48.4 Å². The van der Waals surface area contributed by atoms with Gasteiger partial charge in [0.25, 0.3) is 0 Å². The molecule has 4 unspecified atom stereocenters. The van der Waals surface area contributed by atoms with Gasteiger partial charge in [-0.3, -0.25) is 4.57 Å². The fraction of sp³-hybridized carbons (Fsp3) is 0.261. The van der Waals surface area contributed by atoms with Crippen LogP contribution >= 0.6 is 0 Å². The van der Waals surface area contributed by atoms with Crippen molar-refractivity contribution in [3.63, 3.8) is 0 Å². The van der Waals surface area contributed by atoms with Crippen molar-refractivity contribution in [3.05, 3.63) is 72.2 Å². The smallest absolute Gasteiger partial charge is 0.204 e. The van der Waals surface area contributed by atoms with E-state index >= 15 is 0 Å². The number of tetrazole rings is 1. The van der Waals surface area contributed by atoms with Gasteiger partial charge in [0.05, 0.1) is 18.8 Å². The molecule has 1 saturated heterocycles. The van der Waals surface area contributed by atoms with Gasteiger partial charge in [0.15, 0.2) is 23.3 Å². The Hall–Kier alpha value is -4.54. The first-order valence-corrected chi connectivity index (χ1v) is 11.7. The van der Waals surface area contributed by atoms with Crippen LogP contribution in [0.1, 0.15) is 24.4 Å². The van der Waals surface area contributed by atoms with Crippen molar-refractivity contribution in [2.24, 2.45) is 0 Å². The van der Waals surface area contributed by atoms with E-state index in [2.05, 4.69) is 41.1 Å². The molecule has 16 heteroatoms. The molecule has 0 aliphatic carbocycles. The van der Waals surface area contributed by atoms with E-state index in [1.807, 2.05) is 12.1 Å². The molecule has 39 heavy (non-hydrogen) atoms. The number of aliphatic hydroxyl groups is 2. The van der Waals surface area contributed by atoms with Gasteiger partial charge >= 0.3 is 0 Å². The summed E-state index contributed by atoms with van der Waals surface area (Å²) in [5.74, 6) is -3.48. The van der Waals surface area contributed by atoms with Crippen LogP contribution in [0.2, 0.25) is 0 Å². The fourth-order valence-corrected chi connectivity index (χ4v) is 4.53. The molecule has 0 spiro atoms. The third kappa shape index (κ3) is 4.53. The zero-order valence-electron chi connectivity index (χ0n) is 19.8. The molecule has 4 atom stereocenters. The minimum Gasteiger partial charge on any atom is -0.394 e. The Labute approximate surface area is 216 Å². The highest BCUT2D eigenvalue weighted by Crippen LogP contribution is 2.38. The maximum Gasteiger partial charge on any atom is 0.204 e. The Bertz CT molecular complexity index is 1570. The van der Waals surface area contributed by atoms with Crippen LogP contribution in [-0.2, 0) is 4.74 Å². The number of aromatic amines is 1. The quantitative estimate of drug-likeness (QED) is 0.269. The molecule has 1 aliphatic rings. The third-order valence-electron chi connectivity index (χ3n) is 6.49. The van der Waals surface area contributed by atoms with Gasteiger partial charge in [0, 0.05) is 23.2 Å². The van der Waals surface area contributed by atoms with E-state index in [4.69, 9.17) is 4.74 Å². The standard InChI is InChI=1S/C23H19F3N10O3/c24-14-5-12(6-15(25)20(14)26)16-8-36(34-28-16)17-7-18(39-19(9-37)21(17)38)23-31-27-10-35(23)13-3-1-11(2-4-13)22-29-32-33-30-22/h1-6,8,10,17-19,21,37-38H,7,9H2,(H,29,30,32,33). The van der Waals surface area contributed by atoms with Crippen molar-refractivity contribution in [2.75, 3.05) is 6.61 Å². The summed E-state index contributed by atoms with van der Waals surface area (Å²) in [6.07, 6.45) is 0.0790. The van der Waals surface area contributed by atoms with Gasteiger partial charge in [0.1, 0.15) is 30.3 Å². The van der Waals surface area contributed by atoms with E-state index in [1.165, 1.54) is 17.2 Å². The fourth-order valence-electron chi connectivity index (χ4n) is 4.53. The molecule has 1 fully saturated rings. The van der Waals surface area contributed by atoms with Gasteiger partial charge in [-0.2, -0.15) is 5.21 Å². The van der Waals surface area contributed by atoms with Crippen LogP contribution in [-0.4, -0.2) is 79.4 Å². The summed E-state index contributed by atoms with van der Waals surface area (Å²) in [7, 11) is 0. The molecule has 5 aromatic rings. The summed E-state index contributed by atoms with van der Waals surface area (Å²) in [5, 5.41) is 50.8. The average Bonchev–Trinajstić information content (AvgIpc) is 3.74. The predicted octanol–water partition coefficient (Wildman–Crippen LogP) is 1.55. The second kappa shape index (κ2) is 9.97. The van der Waals surface area contributed by atoms with Crippen LogP contribution in [0.3, 0.4) is 0 Å². The minimum absolute atomic E-state index is 0.0292. The van der Waals surface area contributed by atoms with E-state index in [9.17, 15) is 23.4 Å². The predicted molar refractivity (Wildman–Crippen MR) is 124 cm³/mol. The zero-order chi connectivity index (χ0) is 27.1. The number of ether oxygens (including phenoxy) is 1. The molecule has 4 heterocycles. The van der Waals surface area contributed by atoms with Crippen LogP contribution in [0.25, 0.3) is 28.3 Å². The minimum atomic E-state index is -1.59. The molecule has 2 aromatic carbocycles. The van der Waals surface area contributed by atoms with Crippen LogP contribution in [0, 0.1) is 17.5 Å². The van der Waals surface area contributed by atoms with Crippen molar-refractivity contribution < 1.29 is 28.1 Å². The van der Waals surface area contributed by atoms with Crippen molar-refractivity contribution >= 4 is 0 Å². The molecular weight excluding hydrogens is 521 g/mol. The number of H-pyrrole nitrogens is 1. The van der Waals surface area contributed by atoms with Crippen LogP contribution in [0.5, 0.6) is 0 Å². The second-order valence-electron chi connectivity index (χ2n) is 8.82. The maximum atomic E-state index is 13.7. The lowest BCUT2D eigenvalue weighted by molar-refractivity contribution is -0.161. The summed E-state index contributed by atoms with van der Waals surface area (Å²) < 4.78 is 49.9. The number of hydrogen-bond acceptors (Lipinski definition) is 10. The number of aromatic nitrogens is 10. The number of hydrogen-bond donors (Lipinski definition) is 3. The molecule has 13 nitrogen and oxygen atoms in total. The highest BCUT2D eigenvalue weighted by Gasteiger charge is 2.41. The number of halogens is 3. The molecule has 3 N–H and O–H groups in total. The third-order valence-corrected chi connectivity index (χ3v) is 6.49. The van der Waals surface area contributed by atoms with Gasteiger partial charge in [0.2, 0.25) is 5.82 Å². The van der Waals surface area contributed by atoms with Gasteiger partial charge in [-0.05, 0) is 41.6 Å². The first kappa shape index (κ1) is 24.8. The number of nitrogens with one attached hydrogen (secondary N) is 1. The molecule has 3 aromatic heterocycles. The Kier molecular flexibility index (Phi) is 6.34. The number of rotatable bonds is 6. The average molecular weight is 540 g/mol. The summed E-state index contributed by atoms with van der Waals surface area (Å²) in [6.45, 7) is -0.502. The monoisotopic (exact) mass is 540 g/mol. The van der Waals surface area contributed by atoms with Gasteiger partial charge < -0.3 is 14.9 Å². The summed E-state index contributed by atoms with van der Waals surface area (Å²) in [6, 6.07) is 8.06. The summed E-state index contributed by atoms with van der Waals surface area (Å²) in [4.78, 5) is 0. The van der Waals surface area contributed by atoms with Gasteiger partial charge in [-0.1, -0.05) is 5.21 Å². The molecule has 6 rings (SSSR count). The van der Waals surface area contributed by atoms with Crippen molar-refractivity contribution in [2.45, 2.75) is 30.8 Å². The van der Waals surface area contributed by atoms with Crippen molar-refractivity contribution in [1.82, 2.24) is 50.4 Å². The van der Waals surface area contributed by atoms with Crippen LogP contribution < -0.4 is 0 Å². The second-order valence-corrected chi connectivity index (χ2v) is 8.82. The highest BCUT2D eigenvalue weighted by molar-refractivity contribution is 5.58. The number of benzene rings is 2. The number of aliphatic hydroxyl groups excluding tert-OH is 2. The molecule has 0 amide bonds. The molecule has 1 aliphatic heterocycles. The lowest BCUT2D eigenvalue weighted by atomic mass is 9.95. The van der Waals surface area contributed by atoms with Gasteiger partial charge in [-0.25, -0.2) is 17.9 Å². The van der Waals surface area contributed by atoms with Gasteiger partial charge in [-0.15, -0.1) is 25.5 Å². The highest BCUT2D eigenvalue weighted by atomic mass is 19.2. The van der Waals surface area contributed by atoms with E-state index in [0.29, 0.717) is 17.3 Å². The Morgan fingerprint density at radius 2 is 1.79 bits per heavy atom. The largest absolute Gasteiger partial charge is 0.394 e. The van der Waals surface area contributed by atoms with E-state index in [-0.39, 0.29) is 17.7 Å². The first-order valence-electron chi connectivity index (χ1n) is 11.7. The van der Waals surface area contributed by atoms with Crippen molar-refractivity contribution in [1.29, 1.82) is 0 Å². The molecule has 0 saturated carbocycles. The van der Waals surface area contributed by atoms with E-state index in [0.717, 1.165) is 17.7 Å². The van der Waals surface area contributed by atoms with Crippen LogP contribution in [0.15, 0.2) is 48.9 Å². The normalized spacial score (nSPS) is 21.4. The summed E-state index contributed by atoms with van der Waals surface area (Å²) >= 11 is 0. The first-order chi connectivity index (χ1) is 18.9. The lowest BCUT2D eigenvalue weighted by Crippen LogP contribution is -2.45. The molecular formula is C23H19F3N10O3. The Morgan fingerprint density at radius 1 is 1.03 bits per heavy atom. The lowest BCUT2D eigenvalue weighted by Gasteiger charge is -2.38. The summed E-state index contributed by atoms with van der Waals surface area (Å²) in [5.41, 5.74) is 1.48. The Balaban J connectivity index is 1.29. The Morgan fingerprint density at radius 3 is 2.49 bits per heavy atom. The maximum absolute atomic E-state index is 13.7. The van der Waals surface area contributed by atoms with E-state index in [1.54, 1.807) is 16.7 Å². The molecule has 0 bridgehead atoms. The van der Waals surface area contributed by atoms with Crippen molar-refractivity contribution in [3.8, 4) is 28.3 Å². The number of nitrogens with zero attached hydrogens (tertiary/aromatic N) is 9. The van der Waals surface area contributed by atoms with Crippen LogP contribution in [0.4, 0.5) is 13.2 Å². The zero-order valence-corrected chi connectivity index (χ0v) is 19.8.